The van der Waals surface area contributed by atoms with Crippen molar-refractivity contribution in [1.29, 1.82) is 0 Å². The Bertz CT molecular complexity index is 1660. The first-order valence-corrected chi connectivity index (χ1v) is 11.2. The highest BCUT2D eigenvalue weighted by Crippen LogP contribution is 2.33. The van der Waals surface area contributed by atoms with Gasteiger partial charge in [0.2, 0.25) is 0 Å². The number of hydrogen-bond acceptors (Lipinski definition) is 1. The number of nitrogens with one attached hydrogen (secondary N) is 1. The van der Waals surface area contributed by atoms with E-state index in [2.05, 4.69) is 101 Å². The van der Waals surface area contributed by atoms with Crippen molar-refractivity contribution in [3.63, 3.8) is 0 Å². The summed E-state index contributed by atoms with van der Waals surface area (Å²) in [5.74, 6) is 0. The van der Waals surface area contributed by atoms with Gasteiger partial charge in [0.15, 0.2) is 5.49 Å². The lowest BCUT2D eigenvalue weighted by Crippen LogP contribution is -2.14. The molecule has 0 amide bonds. The second kappa shape index (κ2) is 7.68. The number of para-hydroxylation sites is 3. The molecule has 0 spiro atoms. The Labute approximate surface area is 192 Å². The number of rotatable bonds is 3. The van der Waals surface area contributed by atoms with Crippen LogP contribution in [0.4, 0.5) is 5.69 Å². The minimum Gasteiger partial charge on any atom is -0.275 e. The highest BCUT2D eigenvalue weighted by molar-refractivity contribution is 5.85. The topological polar surface area (TPSA) is 37.0 Å². The van der Waals surface area contributed by atoms with Crippen molar-refractivity contribution in [3.05, 3.63) is 120 Å². The summed E-state index contributed by atoms with van der Waals surface area (Å²) in [5.41, 5.74) is 10.9. The number of benzene rings is 4. The summed E-state index contributed by atoms with van der Waals surface area (Å²) in [6.45, 7) is 4.25. The number of H-pyrrole nitrogens is 1. The standard InChI is InChI=1S/C29H24N4/c1-20-15-17-22(18-16-20)27-28(23-10-8-9-21(2)19-23)32-26-14-7-6-13-25(26)31-33(32)29(27)30-24-11-4-3-5-12-24/h3-19,31H,1-2H3. The minimum absolute atomic E-state index is 0.873. The molecule has 4 aromatic carbocycles. The Morgan fingerprint density at radius 3 is 2.21 bits per heavy atom. The molecule has 0 atom stereocenters. The van der Waals surface area contributed by atoms with Crippen LogP contribution in [-0.4, -0.2) is 14.2 Å². The molecule has 0 aliphatic rings. The molecule has 0 bridgehead atoms. The van der Waals surface area contributed by atoms with Crippen LogP contribution in [0.5, 0.6) is 0 Å². The van der Waals surface area contributed by atoms with Gasteiger partial charge in [0.05, 0.1) is 28.0 Å². The fourth-order valence-corrected chi connectivity index (χ4v) is 4.48. The SMILES string of the molecule is Cc1ccc(-c2c(-c3cccc(C)c3)n3c4ccccc4[nH]n3c2=Nc2ccccc2)cc1. The number of nitrogens with zero attached hydrogens (tertiary/aromatic N) is 3. The molecule has 0 unspecified atom stereocenters. The average Bonchev–Trinajstić information content (AvgIpc) is 3.35. The van der Waals surface area contributed by atoms with E-state index in [1.54, 1.807) is 0 Å². The van der Waals surface area contributed by atoms with Crippen LogP contribution in [-0.2, 0) is 0 Å². The van der Waals surface area contributed by atoms with Gasteiger partial charge in [-0.05, 0) is 49.7 Å². The first-order chi connectivity index (χ1) is 16.2. The van der Waals surface area contributed by atoms with Gasteiger partial charge in [-0.3, -0.25) is 5.10 Å². The third-order valence-corrected chi connectivity index (χ3v) is 6.05. The number of aromatic amines is 1. The van der Waals surface area contributed by atoms with Crippen molar-refractivity contribution >= 4 is 16.7 Å². The molecule has 0 aliphatic heterocycles. The zero-order chi connectivity index (χ0) is 22.4. The molecule has 0 saturated carbocycles. The van der Waals surface area contributed by atoms with E-state index in [4.69, 9.17) is 4.99 Å². The molecule has 0 fully saturated rings. The lowest BCUT2D eigenvalue weighted by Gasteiger charge is -2.08. The van der Waals surface area contributed by atoms with Gasteiger partial charge in [0.25, 0.3) is 0 Å². The smallest absolute Gasteiger partial charge is 0.181 e. The van der Waals surface area contributed by atoms with E-state index in [1.807, 2.05) is 30.3 Å². The zero-order valence-electron chi connectivity index (χ0n) is 18.7. The molecule has 0 saturated heterocycles. The molecule has 4 nitrogen and oxygen atoms in total. The fraction of sp³-hybridized carbons (Fsp3) is 0.0690. The monoisotopic (exact) mass is 428 g/mol. The quantitative estimate of drug-likeness (QED) is 0.326. The number of hydrogen-bond donors (Lipinski definition) is 1. The van der Waals surface area contributed by atoms with Crippen LogP contribution in [0.2, 0.25) is 0 Å². The molecule has 6 rings (SSSR count). The predicted molar refractivity (Wildman–Crippen MR) is 135 cm³/mol. The molecule has 2 aromatic heterocycles. The summed E-state index contributed by atoms with van der Waals surface area (Å²) in [5, 5.41) is 3.58. The first kappa shape index (κ1) is 19.4. The van der Waals surface area contributed by atoms with Crippen molar-refractivity contribution < 1.29 is 0 Å². The largest absolute Gasteiger partial charge is 0.275 e. The number of aromatic nitrogens is 3. The maximum Gasteiger partial charge on any atom is 0.181 e. The third kappa shape index (κ3) is 3.28. The van der Waals surface area contributed by atoms with Crippen LogP contribution >= 0.6 is 0 Å². The van der Waals surface area contributed by atoms with Crippen LogP contribution in [0.15, 0.2) is 108 Å². The van der Waals surface area contributed by atoms with E-state index in [1.165, 1.54) is 11.1 Å². The summed E-state index contributed by atoms with van der Waals surface area (Å²) >= 11 is 0. The normalized spacial score (nSPS) is 12.1. The second-order valence-electron chi connectivity index (χ2n) is 8.48. The Hall–Kier alpha value is -4.31. The van der Waals surface area contributed by atoms with E-state index >= 15 is 0 Å². The molecular weight excluding hydrogens is 404 g/mol. The van der Waals surface area contributed by atoms with Crippen molar-refractivity contribution in [1.82, 2.24) is 14.2 Å². The van der Waals surface area contributed by atoms with Gasteiger partial charge in [-0.25, -0.2) is 9.51 Å². The molecule has 160 valence electrons. The van der Waals surface area contributed by atoms with Crippen molar-refractivity contribution in [2.24, 2.45) is 4.99 Å². The predicted octanol–water partition coefficient (Wildman–Crippen LogP) is 6.70. The molecule has 2 heterocycles. The molecular formula is C29H24N4. The Morgan fingerprint density at radius 2 is 1.42 bits per heavy atom. The highest BCUT2D eigenvalue weighted by atomic mass is 15.5. The van der Waals surface area contributed by atoms with E-state index in [0.29, 0.717) is 0 Å². The van der Waals surface area contributed by atoms with Gasteiger partial charge < -0.3 is 0 Å². The minimum atomic E-state index is 0.873. The van der Waals surface area contributed by atoms with Gasteiger partial charge >= 0.3 is 0 Å². The van der Waals surface area contributed by atoms with Gasteiger partial charge in [0.1, 0.15) is 0 Å². The lowest BCUT2D eigenvalue weighted by atomic mass is 9.99. The van der Waals surface area contributed by atoms with Crippen molar-refractivity contribution in [3.8, 4) is 22.4 Å². The van der Waals surface area contributed by atoms with Gasteiger partial charge in [-0.15, -0.1) is 0 Å². The first-order valence-electron chi connectivity index (χ1n) is 11.2. The highest BCUT2D eigenvalue weighted by Gasteiger charge is 2.21. The molecule has 33 heavy (non-hydrogen) atoms. The second-order valence-corrected chi connectivity index (χ2v) is 8.48. The molecule has 0 radical (unpaired) electrons. The molecule has 6 aromatic rings. The van der Waals surface area contributed by atoms with E-state index in [-0.39, 0.29) is 0 Å². The van der Waals surface area contributed by atoms with Crippen LogP contribution in [0.3, 0.4) is 0 Å². The zero-order valence-corrected chi connectivity index (χ0v) is 18.7. The van der Waals surface area contributed by atoms with Crippen molar-refractivity contribution in [2.75, 3.05) is 0 Å². The summed E-state index contributed by atoms with van der Waals surface area (Å²) in [4.78, 5) is 5.14. The van der Waals surface area contributed by atoms with Gasteiger partial charge in [-0.2, -0.15) is 4.63 Å². The third-order valence-electron chi connectivity index (χ3n) is 6.05. The Kier molecular flexibility index (Phi) is 4.51. The van der Waals surface area contributed by atoms with Gasteiger partial charge in [-0.1, -0.05) is 83.9 Å². The van der Waals surface area contributed by atoms with Crippen LogP contribution in [0.1, 0.15) is 11.1 Å². The lowest BCUT2D eigenvalue weighted by molar-refractivity contribution is 0.732. The van der Waals surface area contributed by atoms with E-state index in [9.17, 15) is 0 Å². The van der Waals surface area contributed by atoms with E-state index < -0.39 is 0 Å². The average molecular weight is 429 g/mol. The summed E-state index contributed by atoms with van der Waals surface area (Å²) in [6.07, 6.45) is 0. The molecule has 4 heteroatoms. The van der Waals surface area contributed by atoms with Crippen LogP contribution < -0.4 is 5.49 Å². The fourth-order valence-electron chi connectivity index (χ4n) is 4.48. The maximum atomic E-state index is 5.14. The van der Waals surface area contributed by atoms with E-state index in [0.717, 1.165) is 44.6 Å². The maximum absolute atomic E-state index is 5.14. The van der Waals surface area contributed by atoms with Crippen LogP contribution in [0.25, 0.3) is 33.4 Å². The van der Waals surface area contributed by atoms with Gasteiger partial charge in [0, 0.05) is 5.56 Å². The summed E-state index contributed by atoms with van der Waals surface area (Å²) in [6, 6.07) is 35.9. The number of fused-ring (bicyclic) bond motifs is 3. The Morgan fingerprint density at radius 1 is 0.667 bits per heavy atom. The molecule has 0 aliphatic carbocycles. The number of aryl methyl sites for hydroxylation is 2. The van der Waals surface area contributed by atoms with Crippen molar-refractivity contribution in [2.45, 2.75) is 13.8 Å². The molecule has 1 N–H and O–H groups in total. The van der Waals surface area contributed by atoms with Crippen LogP contribution in [0, 0.1) is 13.8 Å². The Balaban J connectivity index is 1.84. The summed E-state index contributed by atoms with van der Waals surface area (Å²) < 4.78 is 4.32. The summed E-state index contributed by atoms with van der Waals surface area (Å²) in [7, 11) is 0.